The van der Waals surface area contributed by atoms with E-state index in [0.29, 0.717) is 10.7 Å². The van der Waals surface area contributed by atoms with Gasteiger partial charge in [0.05, 0.1) is 11.8 Å². The summed E-state index contributed by atoms with van der Waals surface area (Å²) in [7, 11) is 0. The lowest BCUT2D eigenvalue weighted by Gasteiger charge is -2.25. The predicted molar refractivity (Wildman–Crippen MR) is 95.0 cm³/mol. The number of aliphatic imine (C=N–C) groups is 1. The first-order valence-electron chi connectivity index (χ1n) is 8.11. The molecule has 1 N–H and O–H groups in total. The van der Waals surface area contributed by atoms with E-state index in [4.69, 9.17) is 0 Å². The molecule has 1 unspecified atom stereocenters. The Hall–Kier alpha value is -0.960. The minimum Gasteiger partial charge on any atom is -0.364 e. The third-order valence-corrected chi connectivity index (χ3v) is 5.20. The highest BCUT2D eigenvalue weighted by Gasteiger charge is 2.23. The van der Waals surface area contributed by atoms with Crippen molar-refractivity contribution in [2.24, 2.45) is 10.4 Å². The second-order valence-corrected chi connectivity index (χ2v) is 7.83. The van der Waals surface area contributed by atoms with Gasteiger partial charge in [-0.3, -0.25) is 4.99 Å². The molecule has 0 saturated carbocycles. The Balaban J connectivity index is 1.75. The molecule has 0 aromatic heterocycles. The van der Waals surface area contributed by atoms with Gasteiger partial charge in [-0.05, 0) is 17.4 Å². The zero-order valence-electron chi connectivity index (χ0n) is 13.6. The molecule has 1 aliphatic heterocycles. The van der Waals surface area contributed by atoms with E-state index in [1.165, 1.54) is 31.2 Å². The molecule has 1 atom stereocenters. The molecule has 1 heterocycles. The maximum absolute atomic E-state index is 4.66. The number of hydrogen-bond acceptors (Lipinski definition) is 3. The van der Waals surface area contributed by atoms with E-state index in [2.05, 4.69) is 61.4 Å². The van der Waals surface area contributed by atoms with Crippen LogP contribution in [0.15, 0.2) is 35.3 Å². The van der Waals surface area contributed by atoms with Gasteiger partial charge in [0.15, 0.2) is 5.17 Å². The Kier molecular flexibility index (Phi) is 6.16. The monoisotopic (exact) mass is 304 g/mol. The van der Waals surface area contributed by atoms with Crippen molar-refractivity contribution in [1.82, 2.24) is 5.32 Å². The minimum atomic E-state index is 0.350. The first-order valence-corrected chi connectivity index (χ1v) is 8.98. The van der Waals surface area contributed by atoms with E-state index in [1.54, 1.807) is 0 Å². The van der Waals surface area contributed by atoms with E-state index < -0.39 is 0 Å². The molecule has 0 radical (unpaired) electrons. The van der Waals surface area contributed by atoms with Crippen molar-refractivity contribution in [2.45, 2.75) is 51.7 Å². The van der Waals surface area contributed by atoms with Crippen LogP contribution in [-0.4, -0.2) is 18.3 Å². The molecule has 0 aliphatic carbocycles. The maximum Gasteiger partial charge on any atom is 0.157 e. The number of rotatable bonds is 7. The molecule has 1 aromatic carbocycles. The van der Waals surface area contributed by atoms with Crippen LogP contribution >= 0.6 is 11.8 Å². The average molecular weight is 305 g/mol. The molecule has 0 spiro atoms. The first-order chi connectivity index (χ1) is 10.1. The molecular formula is C18H28N2S. The van der Waals surface area contributed by atoms with Gasteiger partial charge in [0.1, 0.15) is 0 Å². The number of amidine groups is 1. The van der Waals surface area contributed by atoms with E-state index in [0.717, 1.165) is 18.3 Å². The van der Waals surface area contributed by atoms with Crippen molar-refractivity contribution in [2.75, 3.05) is 13.1 Å². The van der Waals surface area contributed by atoms with E-state index in [-0.39, 0.29) is 0 Å². The van der Waals surface area contributed by atoms with Crippen LogP contribution in [-0.2, 0) is 0 Å². The van der Waals surface area contributed by atoms with Crippen molar-refractivity contribution in [3.05, 3.63) is 35.9 Å². The van der Waals surface area contributed by atoms with Crippen LogP contribution in [0.4, 0.5) is 0 Å². The highest BCUT2D eigenvalue weighted by Crippen LogP contribution is 2.34. The number of benzene rings is 1. The predicted octanol–water partition coefficient (Wildman–Crippen LogP) is 5.03. The molecule has 2 rings (SSSR count). The third-order valence-electron chi connectivity index (χ3n) is 4.00. The van der Waals surface area contributed by atoms with Crippen LogP contribution in [0.3, 0.4) is 0 Å². The van der Waals surface area contributed by atoms with Gasteiger partial charge in [-0.25, -0.2) is 0 Å². The van der Waals surface area contributed by atoms with Crippen molar-refractivity contribution < 1.29 is 0 Å². The number of nitrogens with zero attached hydrogens (tertiary/aromatic N) is 1. The van der Waals surface area contributed by atoms with Crippen LogP contribution < -0.4 is 5.32 Å². The summed E-state index contributed by atoms with van der Waals surface area (Å²) in [5.74, 6) is 0. The van der Waals surface area contributed by atoms with Crippen molar-refractivity contribution >= 4 is 16.9 Å². The van der Waals surface area contributed by atoms with Crippen LogP contribution in [0.2, 0.25) is 0 Å². The lowest BCUT2D eigenvalue weighted by atomic mass is 9.87. The number of thioether (sulfide) groups is 1. The van der Waals surface area contributed by atoms with E-state index >= 15 is 0 Å². The molecule has 0 amide bonds. The Bertz CT molecular complexity index is 454. The van der Waals surface area contributed by atoms with Crippen molar-refractivity contribution in [1.29, 1.82) is 0 Å². The number of nitrogens with one attached hydrogen (secondary N) is 1. The fourth-order valence-electron chi connectivity index (χ4n) is 2.57. The molecule has 2 nitrogen and oxygen atoms in total. The molecular weight excluding hydrogens is 276 g/mol. The van der Waals surface area contributed by atoms with Gasteiger partial charge in [-0.15, -0.1) is 0 Å². The zero-order valence-corrected chi connectivity index (χ0v) is 14.4. The van der Waals surface area contributed by atoms with Crippen LogP contribution in [0.1, 0.15) is 57.3 Å². The second kappa shape index (κ2) is 7.88. The lowest BCUT2D eigenvalue weighted by Crippen LogP contribution is -2.32. The molecule has 0 fully saturated rings. The standard InChI is InChI=1S/C18H28N2S/c1-4-5-9-12-18(2,3)14-20-17-19-13-16(21-17)15-10-7-6-8-11-15/h6-8,10-11,16H,4-5,9,12-14H2,1-3H3,(H,19,20). The molecule has 0 bridgehead atoms. The topological polar surface area (TPSA) is 24.4 Å². The molecule has 1 aromatic rings. The summed E-state index contributed by atoms with van der Waals surface area (Å²) in [6.45, 7) is 8.88. The Morgan fingerprint density at radius 3 is 2.71 bits per heavy atom. The summed E-state index contributed by atoms with van der Waals surface area (Å²) in [6.07, 6.45) is 5.26. The molecule has 1 aliphatic rings. The van der Waals surface area contributed by atoms with Gasteiger partial charge in [0.2, 0.25) is 0 Å². The molecule has 0 saturated heterocycles. The quantitative estimate of drug-likeness (QED) is 0.715. The Morgan fingerprint density at radius 1 is 1.24 bits per heavy atom. The lowest BCUT2D eigenvalue weighted by molar-refractivity contribution is 0.320. The number of unbranched alkanes of at least 4 members (excludes halogenated alkanes) is 2. The van der Waals surface area contributed by atoms with Gasteiger partial charge in [0, 0.05) is 6.54 Å². The van der Waals surface area contributed by atoms with Crippen LogP contribution in [0, 0.1) is 5.41 Å². The van der Waals surface area contributed by atoms with Gasteiger partial charge in [-0.2, -0.15) is 0 Å². The second-order valence-electron chi connectivity index (χ2n) is 6.64. The molecule has 116 valence electrons. The summed E-state index contributed by atoms with van der Waals surface area (Å²) in [4.78, 5) is 4.66. The van der Waals surface area contributed by atoms with Gasteiger partial charge < -0.3 is 5.32 Å². The summed E-state index contributed by atoms with van der Waals surface area (Å²) >= 11 is 1.87. The molecule has 21 heavy (non-hydrogen) atoms. The minimum absolute atomic E-state index is 0.350. The summed E-state index contributed by atoms with van der Waals surface area (Å²) < 4.78 is 0. The maximum atomic E-state index is 4.66. The summed E-state index contributed by atoms with van der Waals surface area (Å²) in [5.41, 5.74) is 1.73. The highest BCUT2D eigenvalue weighted by molar-refractivity contribution is 8.14. The highest BCUT2D eigenvalue weighted by atomic mass is 32.2. The van der Waals surface area contributed by atoms with Gasteiger partial charge in [-0.1, -0.05) is 82.1 Å². The van der Waals surface area contributed by atoms with Crippen LogP contribution in [0.5, 0.6) is 0 Å². The van der Waals surface area contributed by atoms with Crippen molar-refractivity contribution in [3.63, 3.8) is 0 Å². The third kappa shape index (κ3) is 5.39. The van der Waals surface area contributed by atoms with Gasteiger partial charge >= 0.3 is 0 Å². The summed E-state index contributed by atoms with van der Waals surface area (Å²) in [5, 5.41) is 5.16. The molecule has 3 heteroatoms. The SMILES string of the molecule is CCCCCC(C)(C)CNC1=NCC(c2ccccc2)S1. The average Bonchev–Trinajstić information content (AvgIpc) is 2.95. The van der Waals surface area contributed by atoms with Gasteiger partial charge in [0.25, 0.3) is 0 Å². The van der Waals surface area contributed by atoms with E-state index in [9.17, 15) is 0 Å². The number of hydrogen-bond donors (Lipinski definition) is 1. The fraction of sp³-hybridized carbons (Fsp3) is 0.611. The largest absolute Gasteiger partial charge is 0.364 e. The Labute approximate surface area is 133 Å². The normalized spacial score (nSPS) is 18.6. The summed E-state index contributed by atoms with van der Waals surface area (Å²) in [6, 6.07) is 10.7. The zero-order chi connectivity index (χ0) is 15.1. The smallest absolute Gasteiger partial charge is 0.157 e. The van der Waals surface area contributed by atoms with Crippen LogP contribution in [0.25, 0.3) is 0 Å². The first kappa shape index (κ1) is 16.4. The fourth-order valence-corrected chi connectivity index (χ4v) is 3.59. The Morgan fingerprint density at radius 2 is 2.00 bits per heavy atom. The van der Waals surface area contributed by atoms with Crippen molar-refractivity contribution in [3.8, 4) is 0 Å². The van der Waals surface area contributed by atoms with E-state index in [1.807, 2.05) is 11.8 Å².